The third-order valence-corrected chi connectivity index (χ3v) is 4.66. The maximum atomic E-state index is 10.7. The molecule has 2 aliphatic rings. The number of ether oxygens (including phenoxy) is 3. The molecule has 0 amide bonds. The Morgan fingerprint density at radius 1 is 0.786 bits per heavy atom. The summed E-state index contributed by atoms with van der Waals surface area (Å²) < 4.78 is 29.9. The van der Waals surface area contributed by atoms with Crippen LogP contribution in [0.2, 0.25) is 0 Å². The Morgan fingerprint density at radius 2 is 1.29 bits per heavy atom. The summed E-state index contributed by atoms with van der Waals surface area (Å²) in [7, 11) is -5.60. The van der Waals surface area contributed by atoms with E-state index >= 15 is 0 Å². The SMILES string of the molecule is O=P([O-])([O-])O[C@H]1O[C@H](CO)[C@@H](O[C@@H]2O[C@H](CO)[C@H](O)[C@H](O)[C@H]2O)[C@H](O)[C@H]1O.[Ba+2]. The van der Waals surface area contributed by atoms with Crippen LogP contribution >= 0.6 is 7.82 Å². The number of phosphoric acid groups is 1. The first kappa shape index (κ1) is 27.3. The predicted molar refractivity (Wildman–Crippen MR) is 80.8 cm³/mol. The predicted octanol–water partition coefficient (Wildman–Crippen LogP) is -6.92. The summed E-state index contributed by atoms with van der Waals surface area (Å²) in [5.41, 5.74) is 0. The Hall–Kier alpha value is 1.28. The van der Waals surface area contributed by atoms with Gasteiger partial charge in [0, 0.05) is 0 Å². The molecule has 2 aliphatic heterocycles. The van der Waals surface area contributed by atoms with Gasteiger partial charge in [0.25, 0.3) is 0 Å². The minimum atomic E-state index is -5.60. The topological polar surface area (TPSA) is 242 Å². The molecule has 2 rings (SSSR count). The van der Waals surface area contributed by atoms with E-state index in [9.17, 15) is 45.0 Å². The Morgan fingerprint density at radius 3 is 1.79 bits per heavy atom. The largest absolute Gasteiger partial charge is 2.00 e. The van der Waals surface area contributed by atoms with Crippen molar-refractivity contribution in [2.75, 3.05) is 13.2 Å². The molecule has 160 valence electrons. The van der Waals surface area contributed by atoms with Crippen LogP contribution in [0.15, 0.2) is 0 Å². The fourth-order valence-electron chi connectivity index (χ4n) is 2.77. The Labute approximate surface area is 198 Å². The standard InChI is InChI=1S/C12H23O14P.Ba/c13-1-3-5(15)6(16)8(18)11(23-3)25-10-4(2-14)24-12(9(19)7(10)17)26-27(20,21)22;/h3-19H,1-2H2,(H2,20,21,22);/q;+2/p-2/t3-,4-,5+,6+,7-,8-,9-,10-,11+,12-;/m1./s1. The number of rotatable bonds is 6. The van der Waals surface area contributed by atoms with Gasteiger partial charge in [0.2, 0.25) is 0 Å². The van der Waals surface area contributed by atoms with E-state index in [1.807, 2.05) is 0 Å². The molecular weight excluding hydrogens is 536 g/mol. The van der Waals surface area contributed by atoms with E-state index in [1.165, 1.54) is 0 Å². The molecule has 0 spiro atoms. The van der Waals surface area contributed by atoms with Crippen molar-refractivity contribution in [1.82, 2.24) is 0 Å². The monoisotopic (exact) mass is 558 g/mol. The molecule has 2 fully saturated rings. The molecule has 2 saturated heterocycles. The molecule has 2 heterocycles. The van der Waals surface area contributed by atoms with Crippen molar-refractivity contribution >= 4 is 56.7 Å². The van der Waals surface area contributed by atoms with Gasteiger partial charge in [-0.15, -0.1) is 0 Å². The number of aliphatic hydroxyl groups excluding tert-OH is 7. The maximum absolute atomic E-state index is 10.7. The van der Waals surface area contributed by atoms with E-state index in [0.29, 0.717) is 0 Å². The summed E-state index contributed by atoms with van der Waals surface area (Å²) in [6.07, 6.45) is -17.7. The first-order valence-corrected chi connectivity index (χ1v) is 9.25. The van der Waals surface area contributed by atoms with E-state index in [-0.39, 0.29) is 48.9 Å². The minimum Gasteiger partial charge on any atom is -0.790 e. The van der Waals surface area contributed by atoms with Crippen molar-refractivity contribution in [2.45, 2.75) is 61.4 Å². The van der Waals surface area contributed by atoms with Gasteiger partial charge in [0.1, 0.15) is 48.8 Å². The fraction of sp³-hybridized carbons (Fsp3) is 1.00. The van der Waals surface area contributed by atoms with Gasteiger partial charge < -0.3 is 68.8 Å². The normalized spacial score (nSPS) is 44.8. The van der Waals surface area contributed by atoms with Crippen LogP contribution in [-0.2, 0) is 23.3 Å². The molecule has 0 bridgehead atoms. The quantitative estimate of drug-likeness (QED) is 0.119. The van der Waals surface area contributed by atoms with Gasteiger partial charge in [-0.3, -0.25) is 0 Å². The smallest absolute Gasteiger partial charge is 0.790 e. The zero-order valence-electron chi connectivity index (χ0n) is 14.3. The van der Waals surface area contributed by atoms with Crippen molar-refractivity contribution < 1.29 is 68.8 Å². The third kappa shape index (κ3) is 6.40. The van der Waals surface area contributed by atoms with Gasteiger partial charge in [0.15, 0.2) is 12.6 Å². The van der Waals surface area contributed by atoms with Crippen molar-refractivity contribution in [3.63, 3.8) is 0 Å². The Balaban J connectivity index is 0.00000392. The Kier molecular flexibility index (Phi) is 11.0. The minimum absolute atomic E-state index is 0. The van der Waals surface area contributed by atoms with Crippen LogP contribution in [0.5, 0.6) is 0 Å². The molecule has 0 unspecified atom stereocenters. The average molecular weight is 558 g/mol. The zero-order valence-corrected chi connectivity index (χ0v) is 19.7. The van der Waals surface area contributed by atoms with Crippen LogP contribution in [0, 0.1) is 0 Å². The van der Waals surface area contributed by atoms with Crippen molar-refractivity contribution in [2.24, 2.45) is 0 Å². The van der Waals surface area contributed by atoms with Crippen LogP contribution in [0.1, 0.15) is 0 Å². The van der Waals surface area contributed by atoms with Crippen LogP contribution in [0.25, 0.3) is 0 Å². The molecular formula is C12H21BaO14P. The molecule has 7 N–H and O–H groups in total. The molecule has 0 aromatic rings. The van der Waals surface area contributed by atoms with E-state index in [2.05, 4.69) is 4.52 Å². The van der Waals surface area contributed by atoms with Gasteiger partial charge in [-0.25, -0.2) is 0 Å². The second kappa shape index (κ2) is 11.2. The molecule has 0 aliphatic carbocycles. The summed E-state index contributed by atoms with van der Waals surface area (Å²) in [4.78, 5) is 21.4. The molecule has 0 aromatic carbocycles. The van der Waals surface area contributed by atoms with Crippen molar-refractivity contribution in [3.05, 3.63) is 0 Å². The summed E-state index contributed by atoms with van der Waals surface area (Å²) >= 11 is 0. The van der Waals surface area contributed by atoms with E-state index in [0.717, 1.165) is 0 Å². The van der Waals surface area contributed by atoms with E-state index in [1.54, 1.807) is 0 Å². The summed E-state index contributed by atoms with van der Waals surface area (Å²) in [6, 6.07) is 0. The van der Waals surface area contributed by atoms with Gasteiger partial charge in [-0.1, -0.05) is 0 Å². The summed E-state index contributed by atoms with van der Waals surface area (Å²) in [6.45, 7) is -1.65. The van der Waals surface area contributed by atoms with Crippen LogP contribution in [0.4, 0.5) is 0 Å². The number of hydrogen-bond donors (Lipinski definition) is 7. The first-order chi connectivity index (χ1) is 12.5. The Bertz CT molecular complexity index is 530. The third-order valence-electron chi connectivity index (χ3n) is 4.19. The van der Waals surface area contributed by atoms with Crippen molar-refractivity contribution in [1.29, 1.82) is 0 Å². The second-order valence-electron chi connectivity index (χ2n) is 6.06. The number of phosphoric ester groups is 1. The molecule has 0 radical (unpaired) electrons. The molecule has 16 heteroatoms. The zero-order chi connectivity index (χ0) is 20.5. The van der Waals surface area contributed by atoms with Crippen molar-refractivity contribution in [3.8, 4) is 0 Å². The second-order valence-corrected chi connectivity index (χ2v) is 7.16. The molecule has 0 saturated carbocycles. The van der Waals surface area contributed by atoms with Crippen LogP contribution < -0.4 is 9.79 Å². The van der Waals surface area contributed by atoms with E-state index < -0.39 is 82.4 Å². The van der Waals surface area contributed by atoms with Crippen LogP contribution in [-0.4, -0.2) is 159 Å². The fourth-order valence-corrected chi connectivity index (χ4v) is 3.20. The molecule has 28 heavy (non-hydrogen) atoms. The molecule has 14 nitrogen and oxygen atoms in total. The summed E-state index contributed by atoms with van der Waals surface area (Å²) in [5.74, 6) is 0. The number of aliphatic hydroxyl groups is 7. The number of hydrogen-bond acceptors (Lipinski definition) is 14. The summed E-state index contributed by atoms with van der Waals surface area (Å²) in [5, 5.41) is 67.9. The maximum Gasteiger partial charge on any atom is 2.00 e. The van der Waals surface area contributed by atoms with Gasteiger partial charge in [0.05, 0.1) is 21.0 Å². The van der Waals surface area contributed by atoms with E-state index in [4.69, 9.17) is 19.3 Å². The molecule has 0 aromatic heterocycles. The van der Waals surface area contributed by atoms with Gasteiger partial charge >= 0.3 is 48.9 Å². The average Bonchev–Trinajstić information content (AvgIpc) is 2.60. The first-order valence-electron chi connectivity index (χ1n) is 7.79. The van der Waals surface area contributed by atoms with Crippen LogP contribution in [0.3, 0.4) is 0 Å². The van der Waals surface area contributed by atoms with Gasteiger partial charge in [-0.2, -0.15) is 0 Å². The van der Waals surface area contributed by atoms with Gasteiger partial charge in [-0.05, 0) is 0 Å². The molecule has 10 atom stereocenters.